The van der Waals surface area contributed by atoms with Gasteiger partial charge < -0.3 is 9.13 Å². The van der Waals surface area contributed by atoms with E-state index in [1.807, 2.05) is 0 Å². The Balaban J connectivity index is 5.65. The molecule has 0 unspecified atom stereocenters. The van der Waals surface area contributed by atoms with Crippen molar-refractivity contribution >= 4 is 44.1 Å². The van der Waals surface area contributed by atoms with Gasteiger partial charge in [0.15, 0.2) is 8.64 Å². The molecule has 0 aliphatic heterocycles. The molecule has 0 saturated carbocycles. The molecular formula is C12H38N2Si5. The van der Waals surface area contributed by atoms with Gasteiger partial charge in [0.1, 0.15) is 0 Å². The summed E-state index contributed by atoms with van der Waals surface area (Å²) < 4.78 is 5.94. The zero-order valence-electron chi connectivity index (χ0n) is 15.3. The molecule has 0 aromatic heterocycles. The standard InChI is InChI=1S/C12H38N2Si5/c1-9(2)13(10(3)4)18(19(15,16)17)14(11(5)6)12(7)8/h9-12,18H,1-8,15-17H3. The molecular weight excluding hydrogens is 313 g/mol. The van der Waals surface area contributed by atoms with Gasteiger partial charge in [-0.25, -0.2) is 0 Å². The van der Waals surface area contributed by atoms with Crippen LogP contribution in [0, 0.1) is 0 Å². The molecule has 0 fully saturated rings. The molecule has 0 atom stereocenters. The Hall–Kier alpha value is 1.00. The van der Waals surface area contributed by atoms with Crippen LogP contribution >= 0.6 is 0 Å². The Bertz CT molecular complexity index is 227. The van der Waals surface area contributed by atoms with Crippen molar-refractivity contribution in [3.8, 4) is 0 Å². The second-order valence-electron chi connectivity index (χ2n) is 8.01. The lowest BCUT2D eigenvalue weighted by Crippen LogP contribution is -2.75. The van der Waals surface area contributed by atoms with Gasteiger partial charge in [-0.1, -0.05) is 55.4 Å². The molecule has 0 bridgehead atoms. The van der Waals surface area contributed by atoms with Gasteiger partial charge in [-0.2, -0.15) is 0 Å². The van der Waals surface area contributed by atoms with Crippen LogP contribution in [0.1, 0.15) is 55.4 Å². The largest absolute Gasteiger partial charge is 0.312 e. The molecule has 19 heavy (non-hydrogen) atoms. The lowest BCUT2D eigenvalue weighted by atomic mass is 10.3. The topological polar surface area (TPSA) is 6.48 Å². The third kappa shape index (κ3) is 5.72. The van der Waals surface area contributed by atoms with E-state index in [4.69, 9.17) is 0 Å². The predicted octanol–water partition coefficient (Wildman–Crippen LogP) is -1.44. The minimum Gasteiger partial charge on any atom is -0.312 e. The molecule has 0 spiro atoms. The third-order valence-corrected chi connectivity index (χ3v) is 29.2. The van der Waals surface area contributed by atoms with E-state index in [9.17, 15) is 0 Å². The first kappa shape index (κ1) is 20.0. The van der Waals surface area contributed by atoms with Crippen molar-refractivity contribution in [2.24, 2.45) is 0 Å². The van der Waals surface area contributed by atoms with E-state index in [-0.39, 0.29) is 0 Å². The summed E-state index contributed by atoms with van der Waals surface area (Å²) in [4.78, 5) is 0. The van der Waals surface area contributed by atoms with Gasteiger partial charge in [0.2, 0.25) is 0 Å². The fraction of sp³-hybridized carbons (Fsp3) is 1.00. The van der Waals surface area contributed by atoms with Crippen molar-refractivity contribution in [2.75, 3.05) is 0 Å². The molecule has 0 aromatic rings. The van der Waals surface area contributed by atoms with Crippen LogP contribution in [0.3, 0.4) is 0 Å². The fourth-order valence-corrected chi connectivity index (χ4v) is 32.8. The van der Waals surface area contributed by atoms with E-state index in [1.54, 1.807) is 0 Å². The van der Waals surface area contributed by atoms with Crippen LogP contribution in [-0.2, 0) is 0 Å². The fourth-order valence-electron chi connectivity index (χ4n) is 3.37. The molecule has 0 amide bonds. The maximum absolute atomic E-state index is 2.97. The van der Waals surface area contributed by atoms with E-state index in [0.717, 1.165) is 24.2 Å². The van der Waals surface area contributed by atoms with Gasteiger partial charge in [-0.3, -0.25) is 0 Å². The monoisotopic (exact) mass is 350 g/mol. The van der Waals surface area contributed by atoms with Crippen LogP contribution in [0.15, 0.2) is 0 Å². The predicted molar refractivity (Wildman–Crippen MR) is 107 cm³/mol. The van der Waals surface area contributed by atoms with E-state index >= 15 is 0 Å². The van der Waals surface area contributed by atoms with Gasteiger partial charge in [-0.15, -0.1) is 0 Å². The molecule has 116 valence electrons. The van der Waals surface area contributed by atoms with Crippen LogP contribution in [0.25, 0.3) is 0 Å². The van der Waals surface area contributed by atoms with Crippen molar-refractivity contribution in [3.63, 3.8) is 0 Å². The highest BCUT2D eigenvalue weighted by Gasteiger charge is 2.42. The van der Waals surface area contributed by atoms with Crippen molar-refractivity contribution in [1.29, 1.82) is 0 Å². The molecule has 0 aliphatic rings. The summed E-state index contributed by atoms with van der Waals surface area (Å²) in [6.07, 6.45) is -0.757. The van der Waals surface area contributed by atoms with Crippen molar-refractivity contribution in [2.45, 2.75) is 79.6 Å². The summed E-state index contributed by atoms with van der Waals surface area (Å²) >= 11 is 0. The lowest BCUT2D eigenvalue weighted by molar-refractivity contribution is 0.231. The van der Waals surface area contributed by atoms with Gasteiger partial charge >= 0.3 is 0 Å². The van der Waals surface area contributed by atoms with E-state index < -0.39 is 14.8 Å². The van der Waals surface area contributed by atoms with Gasteiger partial charge in [-0.05, 0) is 53.4 Å². The molecule has 0 heterocycles. The van der Waals surface area contributed by atoms with Gasteiger partial charge in [0.05, 0.1) is 0 Å². The van der Waals surface area contributed by atoms with Gasteiger partial charge in [0, 0.05) is 6.14 Å². The number of rotatable bonds is 7. The highest BCUT2D eigenvalue weighted by Crippen LogP contribution is 2.20. The summed E-state index contributed by atoms with van der Waals surface area (Å²) in [6.45, 7) is 19.4. The summed E-state index contributed by atoms with van der Waals surface area (Å²) in [5.74, 6) is 0. The molecule has 0 aromatic carbocycles. The van der Waals surface area contributed by atoms with Gasteiger partial charge in [0.25, 0.3) is 0 Å². The maximum atomic E-state index is 2.97. The van der Waals surface area contributed by atoms with Crippen LogP contribution < -0.4 is 0 Å². The quantitative estimate of drug-likeness (QED) is 0.519. The molecule has 0 radical (unpaired) electrons. The third-order valence-electron chi connectivity index (χ3n) is 3.72. The van der Waals surface area contributed by atoms with E-state index in [1.165, 1.54) is 29.3 Å². The first-order valence-electron chi connectivity index (χ1n) is 7.96. The average molecular weight is 351 g/mol. The van der Waals surface area contributed by atoms with Crippen LogP contribution in [-0.4, -0.2) is 77.4 Å². The Kier molecular flexibility index (Phi) is 8.27. The van der Waals surface area contributed by atoms with Crippen molar-refractivity contribution < 1.29 is 0 Å². The normalized spacial score (nSPS) is 17.2. The first-order valence-corrected chi connectivity index (χ1v) is 23.3. The Labute approximate surface area is 132 Å². The second kappa shape index (κ2) is 7.86. The van der Waals surface area contributed by atoms with Crippen LogP contribution in [0.5, 0.6) is 0 Å². The first-order chi connectivity index (χ1) is 8.41. The van der Waals surface area contributed by atoms with Crippen molar-refractivity contribution in [3.05, 3.63) is 0 Å². The Morgan fingerprint density at radius 3 is 0.947 bits per heavy atom. The number of nitrogens with zero attached hydrogens (tertiary/aromatic N) is 2. The summed E-state index contributed by atoms with van der Waals surface area (Å²) in [5.41, 5.74) is 0. The lowest BCUT2D eigenvalue weighted by Gasteiger charge is -2.51. The minimum absolute atomic E-state index is 0.723. The second-order valence-corrected chi connectivity index (χ2v) is 73.0. The summed E-state index contributed by atoms with van der Waals surface area (Å²) in [5, 5.41) is 0. The smallest absolute Gasteiger partial charge is 0.166 e. The molecule has 0 aliphatic carbocycles. The number of hydrogen-bond acceptors (Lipinski definition) is 2. The molecule has 0 rings (SSSR count). The molecule has 2 nitrogen and oxygen atoms in total. The zero-order valence-corrected chi connectivity index (χ0v) is 23.4. The Morgan fingerprint density at radius 1 is 0.632 bits per heavy atom. The van der Waals surface area contributed by atoms with Crippen molar-refractivity contribution in [1.82, 2.24) is 9.13 Å². The van der Waals surface area contributed by atoms with Crippen LogP contribution in [0.2, 0.25) is 0 Å². The SMILES string of the molecule is CC(C)N(C(C)C)[SiH](N(C(C)C)C(C)C)[Si]([SiH3])([SiH3])[SiH3]. The summed E-state index contributed by atoms with van der Waals surface area (Å²) in [6, 6.07) is 2.89. The highest BCUT2D eigenvalue weighted by molar-refractivity contribution is 7.81. The van der Waals surface area contributed by atoms with Crippen LogP contribution in [0.4, 0.5) is 0 Å². The zero-order chi connectivity index (χ0) is 15.5. The maximum Gasteiger partial charge on any atom is 0.166 e. The molecule has 0 N–H and O–H groups in total. The van der Waals surface area contributed by atoms with E-state index in [2.05, 4.69) is 64.5 Å². The highest BCUT2D eigenvalue weighted by atomic mass is 30.1. The minimum atomic E-state index is -0.893. The average Bonchev–Trinajstić information content (AvgIpc) is 2.12. The summed E-state index contributed by atoms with van der Waals surface area (Å²) in [7, 11) is 3.70. The molecule has 7 heteroatoms. The Morgan fingerprint density at radius 2 is 0.842 bits per heavy atom. The van der Waals surface area contributed by atoms with E-state index in [0.29, 0.717) is 0 Å². The number of hydrogen-bond donors (Lipinski definition) is 0. The molecule has 0 saturated heterocycles.